The van der Waals surface area contributed by atoms with Gasteiger partial charge in [-0.1, -0.05) is 396 Å². The Bertz CT molecular complexity index is 2930. The molecule has 0 aliphatic heterocycles. The molecule has 0 aliphatic carbocycles. The number of allylic oxidation sites excluding steroid dienone is 30. The van der Waals surface area contributed by atoms with E-state index in [0.717, 1.165) is 199 Å². The molecule has 0 saturated heterocycles. The lowest BCUT2D eigenvalue weighted by molar-refractivity contribution is -0.161. The van der Waals surface area contributed by atoms with Gasteiger partial charge in [-0.05, 0) is 161 Å². The summed E-state index contributed by atoms with van der Waals surface area (Å²) in [6, 6.07) is 0. The molecule has 0 aromatic rings. The largest absolute Gasteiger partial charge is 0.472 e. The minimum absolute atomic E-state index is 0.0852. The van der Waals surface area contributed by atoms with Crippen LogP contribution in [0.4, 0.5) is 0 Å². The van der Waals surface area contributed by atoms with Gasteiger partial charge in [0.1, 0.15) is 25.4 Å². The SMILES string of the molecule is CC/C=C\C/C=C\C/C=C\C/C=C\C/C=C\C/C=C\CCCCCCCCCCC(=O)OCC(COP(=O)(O)OCC(O)COP(=O)(O)OCC(O)COC(=O)CCCCCCCCCCCCCCCCCCCCC/C=C\C/C=C\C/C=C\C/C=C\C/C=C\CC)OC(=O)CCCCCCCCC/C=C\C/C=C\C/C=C\C/C=C\CCCCC. The molecule has 16 nitrogen and oxygen atoms in total. The van der Waals surface area contributed by atoms with Crippen LogP contribution in [-0.4, -0.2) is 95.9 Å². The van der Waals surface area contributed by atoms with Gasteiger partial charge in [-0.2, -0.15) is 0 Å². The Hall–Kier alpha value is -5.35. The first-order valence-corrected chi connectivity index (χ1v) is 51.1. The second-order valence-electron chi connectivity index (χ2n) is 31.8. The summed E-state index contributed by atoms with van der Waals surface area (Å²) in [6.07, 6.45) is 124. The van der Waals surface area contributed by atoms with Crippen molar-refractivity contribution in [2.24, 2.45) is 0 Å². The van der Waals surface area contributed by atoms with E-state index in [2.05, 4.69) is 203 Å². The number of ether oxygens (including phenoxy) is 3. The van der Waals surface area contributed by atoms with Gasteiger partial charge in [-0.15, -0.1) is 0 Å². The maximum absolute atomic E-state index is 13.1. The first-order valence-electron chi connectivity index (χ1n) is 48.1. The van der Waals surface area contributed by atoms with Crippen molar-refractivity contribution in [1.82, 2.24) is 0 Å². The van der Waals surface area contributed by atoms with Crippen molar-refractivity contribution in [2.75, 3.05) is 39.6 Å². The summed E-state index contributed by atoms with van der Waals surface area (Å²) in [7, 11) is -9.82. The number of unbranched alkanes of at least 4 members (excludes halogenated alkanes) is 37. The predicted octanol–water partition coefficient (Wildman–Crippen LogP) is 30.0. The van der Waals surface area contributed by atoms with Crippen LogP contribution in [0.2, 0.25) is 0 Å². The van der Waals surface area contributed by atoms with Crippen LogP contribution in [0.1, 0.15) is 393 Å². The van der Waals surface area contributed by atoms with Crippen LogP contribution in [0, 0.1) is 0 Å². The number of rotatable bonds is 90. The van der Waals surface area contributed by atoms with E-state index in [1.807, 2.05) is 0 Å². The standard InChI is InChI=1S/C103H174O16P2/c1-4-7-10-13-16-19-22-25-28-31-34-37-40-42-44-45-46-47-48-49-50-51-53-55-57-59-62-65-68-71-74-77-80-83-86-89-101(106)113-92-98(104)93-115-120(109,110)116-94-99(105)95-117-121(111,112)118-97-100(119-103(108)91-88-85-82-79-76-73-70-67-64-61-56-39-36-33-30-27-24-21-18-15-12-9-6-3)96-114-102(107)90-87-84-81-78-75-72-69-66-63-60-58-54-52-43-41-38-35-32-29-26-23-20-17-14-11-8-5-2/h7-8,10-11,16-21,25-30,34-39,42-44,52,58,60-61,64,98-100,104-105H,4-6,9,12-15,22-24,31-33,40-41,45-51,53-57,59,62-63,65-97H2,1-3H3,(H,109,110)(H,111,112)/b10-7-,11-8-,19-16-,20-17-,21-18-,28-25-,29-26-,30-27-,37-34-,38-35-,39-36-,44-42-,52-43-,60-58-,64-61-. The van der Waals surface area contributed by atoms with Gasteiger partial charge in [0.25, 0.3) is 0 Å². The third-order valence-electron chi connectivity index (χ3n) is 20.1. The summed E-state index contributed by atoms with van der Waals surface area (Å²) in [6.45, 7) is 2.45. The van der Waals surface area contributed by atoms with E-state index in [1.165, 1.54) is 135 Å². The summed E-state index contributed by atoms with van der Waals surface area (Å²) in [4.78, 5) is 59.1. The molecular formula is C103H174O16P2. The van der Waals surface area contributed by atoms with E-state index < -0.39 is 91.5 Å². The van der Waals surface area contributed by atoms with Gasteiger partial charge in [0.15, 0.2) is 6.10 Å². The zero-order valence-corrected chi connectivity index (χ0v) is 78.2. The van der Waals surface area contributed by atoms with E-state index in [4.69, 9.17) is 32.3 Å². The lowest BCUT2D eigenvalue weighted by atomic mass is 10.0. The molecule has 0 bridgehead atoms. The van der Waals surface area contributed by atoms with Gasteiger partial charge in [0.2, 0.25) is 0 Å². The monoisotopic (exact) mass is 1730 g/mol. The molecule has 0 aromatic carbocycles. The van der Waals surface area contributed by atoms with Crippen LogP contribution in [0.3, 0.4) is 0 Å². The topological polar surface area (TPSA) is 231 Å². The van der Waals surface area contributed by atoms with Gasteiger partial charge >= 0.3 is 33.6 Å². The molecule has 0 aliphatic rings. The fraction of sp³-hybridized carbons (Fsp3) is 0.680. The zero-order valence-electron chi connectivity index (χ0n) is 76.4. The molecule has 692 valence electrons. The molecule has 5 unspecified atom stereocenters. The minimum Gasteiger partial charge on any atom is -0.463 e. The van der Waals surface area contributed by atoms with Crippen molar-refractivity contribution >= 4 is 33.6 Å². The highest BCUT2D eigenvalue weighted by Crippen LogP contribution is 2.45. The molecule has 4 N–H and O–H groups in total. The van der Waals surface area contributed by atoms with E-state index in [0.29, 0.717) is 19.3 Å². The molecule has 0 spiro atoms. The van der Waals surface area contributed by atoms with Crippen molar-refractivity contribution < 1.29 is 75.8 Å². The number of hydrogen-bond acceptors (Lipinski definition) is 14. The summed E-state index contributed by atoms with van der Waals surface area (Å²) in [5, 5.41) is 20.8. The summed E-state index contributed by atoms with van der Waals surface area (Å²) in [5.41, 5.74) is 0. The van der Waals surface area contributed by atoms with Crippen molar-refractivity contribution in [2.45, 2.75) is 411 Å². The maximum atomic E-state index is 13.1. The molecule has 0 amide bonds. The van der Waals surface area contributed by atoms with Crippen LogP contribution >= 0.6 is 15.6 Å². The molecule has 0 rings (SSSR count). The molecule has 18 heteroatoms. The number of phosphoric ester groups is 2. The fourth-order valence-corrected chi connectivity index (χ4v) is 14.5. The minimum atomic E-state index is -4.95. The lowest BCUT2D eigenvalue weighted by Crippen LogP contribution is -2.30. The quantitative estimate of drug-likeness (QED) is 0.0146. The van der Waals surface area contributed by atoms with Crippen LogP contribution in [0.5, 0.6) is 0 Å². The van der Waals surface area contributed by atoms with Crippen LogP contribution < -0.4 is 0 Å². The van der Waals surface area contributed by atoms with Crippen molar-refractivity contribution in [3.8, 4) is 0 Å². The maximum Gasteiger partial charge on any atom is 0.472 e. The van der Waals surface area contributed by atoms with Crippen LogP contribution in [0.25, 0.3) is 0 Å². The number of carbonyl (C=O) groups excluding carboxylic acids is 3. The molecule has 121 heavy (non-hydrogen) atoms. The molecule has 0 fully saturated rings. The lowest BCUT2D eigenvalue weighted by Gasteiger charge is -2.21. The Kier molecular flexibility index (Phi) is 89.6. The van der Waals surface area contributed by atoms with E-state index in [9.17, 15) is 43.5 Å². The summed E-state index contributed by atoms with van der Waals surface area (Å²) in [5.74, 6) is -1.59. The number of aliphatic hydroxyl groups is 2. The average molecular weight is 1730 g/mol. The Morgan fingerprint density at radius 1 is 0.240 bits per heavy atom. The van der Waals surface area contributed by atoms with Gasteiger partial charge < -0.3 is 34.2 Å². The fourth-order valence-electron chi connectivity index (χ4n) is 12.9. The highest BCUT2D eigenvalue weighted by Gasteiger charge is 2.30. The van der Waals surface area contributed by atoms with Crippen molar-refractivity contribution in [3.63, 3.8) is 0 Å². The summed E-state index contributed by atoms with van der Waals surface area (Å²) >= 11 is 0. The first kappa shape index (κ1) is 116. The number of phosphoric acid groups is 2. The van der Waals surface area contributed by atoms with E-state index in [-0.39, 0.29) is 19.3 Å². The number of carbonyl (C=O) groups is 3. The second-order valence-corrected chi connectivity index (χ2v) is 34.7. The molecule has 0 saturated carbocycles. The third-order valence-corrected chi connectivity index (χ3v) is 22.0. The predicted molar refractivity (Wildman–Crippen MR) is 509 cm³/mol. The molecule has 5 atom stereocenters. The van der Waals surface area contributed by atoms with Gasteiger partial charge in [-0.25, -0.2) is 9.13 Å². The highest BCUT2D eigenvalue weighted by atomic mass is 31.2. The van der Waals surface area contributed by atoms with Gasteiger partial charge in [0, 0.05) is 19.3 Å². The first-order chi connectivity index (χ1) is 59.2. The van der Waals surface area contributed by atoms with Crippen molar-refractivity contribution in [1.29, 1.82) is 0 Å². The Morgan fingerprint density at radius 3 is 0.694 bits per heavy atom. The number of esters is 3. The Morgan fingerprint density at radius 2 is 0.438 bits per heavy atom. The van der Waals surface area contributed by atoms with Gasteiger partial charge in [-0.3, -0.25) is 32.5 Å². The van der Waals surface area contributed by atoms with Crippen LogP contribution in [-0.2, 0) is 55.8 Å². The molecule has 0 aromatic heterocycles. The summed E-state index contributed by atoms with van der Waals surface area (Å²) < 4.78 is 61.5. The van der Waals surface area contributed by atoms with Crippen LogP contribution in [0.15, 0.2) is 182 Å². The molecule has 0 radical (unpaired) electrons. The highest BCUT2D eigenvalue weighted by molar-refractivity contribution is 7.47. The third kappa shape index (κ3) is 95.2. The van der Waals surface area contributed by atoms with Crippen molar-refractivity contribution in [3.05, 3.63) is 182 Å². The number of hydrogen-bond donors (Lipinski definition) is 4. The molecular weight excluding hydrogens is 1560 g/mol. The van der Waals surface area contributed by atoms with Gasteiger partial charge in [0.05, 0.1) is 26.4 Å². The zero-order chi connectivity index (χ0) is 87.9. The normalized spacial score (nSPS) is 14.5. The Balaban J connectivity index is 4.57. The van der Waals surface area contributed by atoms with E-state index >= 15 is 0 Å². The second kappa shape index (κ2) is 93.8. The smallest absolute Gasteiger partial charge is 0.463 e. The van der Waals surface area contributed by atoms with E-state index in [1.54, 1.807) is 0 Å². The number of aliphatic hydroxyl groups excluding tert-OH is 2. The molecule has 0 heterocycles. The Labute approximate surface area is 738 Å². The average Bonchev–Trinajstić information content (AvgIpc) is 0.893.